The number of thiazole rings is 1. The minimum Gasteiger partial charge on any atom is -0.381 e. The highest BCUT2D eigenvalue weighted by Gasteiger charge is 2.24. The zero-order valence-electron chi connectivity index (χ0n) is 12.7. The molecular formula is C15H18N4O2S. The summed E-state index contributed by atoms with van der Waals surface area (Å²) in [5.74, 6) is 0.990. The fraction of sp³-hybridized carbons (Fsp3) is 0.467. The third-order valence-electron chi connectivity index (χ3n) is 3.65. The van der Waals surface area contributed by atoms with Crippen molar-refractivity contribution in [2.45, 2.75) is 13.3 Å². The second kappa shape index (κ2) is 6.50. The standard InChI is InChI=1S/C15H18N4O2S/c1-10-12(15(20)19(2)8-11-4-7-21-9-11)22-14(18-10)13-16-5-3-6-17-13/h3,5-6,11H,4,7-9H2,1-2H3. The molecule has 0 bridgehead atoms. The highest BCUT2D eigenvalue weighted by molar-refractivity contribution is 7.17. The molecule has 0 aromatic carbocycles. The Hall–Kier alpha value is -1.86. The van der Waals surface area contributed by atoms with Gasteiger partial charge in [-0.15, -0.1) is 11.3 Å². The Morgan fingerprint density at radius 3 is 2.91 bits per heavy atom. The molecule has 1 unspecified atom stereocenters. The van der Waals surface area contributed by atoms with Crippen molar-refractivity contribution >= 4 is 17.2 Å². The van der Waals surface area contributed by atoms with E-state index in [-0.39, 0.29) is 5.91 Å². The van der Waals surface area contributed by atoms with Gasteiger partial charge in [-0.3, -0.25) is 4.79 Å². The van der Waals surface area contributed by atoms with E-state index in [2.05, 4.69) is 15.0 Å². The summed E-state index contributed by atoms with van der Waals surface area (Å²) in [4.78, 5) is 27.8. The summed E-state index contributed by atoms with van der Waals surface area (Å²) in [5.41, 5.74) is 0.729. The molecular weight excluding hydrogens is 300 g/mol. The highest BCUT2D eigenvalue weighted by atomic mass is 32.1. The van der Waals surface area contributed by atoms with Crippen LogP contribution in [0.15, 0.2) is 18.5 Å². The minimum absolute atomic E-state index is 0.00378. The molecule has 2 aromatic heterocycles. The monoisotopic (exact) mass is 318 g/mol. The number of carbonyl (C=O) groups excluding carboxylic acids is 1. The van der Waals surface area contributed by atoms with Crippen LogP contribution in [-0.4, -0.2) is 52.6 Å². The van der Waals surface area contributed by atoms with Crippen LogP contribution >= 0.6 is 11.3 Å². The Morgan fingerprint density at radius 2 is 2.23 bits per heavy atom. The van der Waals surface area contributed by atoms with Crippen molar-refractivity contribution in [3.63, 3.8) is 0 Å². The first-order valence-electron chi connectivity index (χ1n) is 7.23. The zero-order chi connectivity index (χ0) is 15.5. The average molecular weight is 318 g/mol. The van der Waals surface area contributed by atoms with Crippen molar-refractivity contribution in [1.29, 1.82) is 0 Å². The van der Waals surface area contributed by atoms with E-state index in [1.54, 1.807) is 23.4 Å². The minimum atomic E-state index is 0.00378. The first-order chi connectivity index (χ1) is 10.6. The van der Waals surface area contributed by atoms with E-state index in [1.807, 2.05) is 14.0 Å². The number of ether oxygens (including phenoxy) is 1. The van der Waals surface area contributed by atoms with Crippen LogP contribution in [0.5, 0.6) is 0 Å². The lowest BCUT2D eigenvalue weighted by atomic mass is 10.1. The molecule has 0 radical (unpaired) electrons. The van der Waals surface area contributed by atoms with Gasteiger partial charge in [-0.1, -0.05) is 0 Å². The third-order valence-corrected chi connectivity index (χ3v) is 4.79. The molecule has 3 rings (SSSR count). The van der Waals surface area contributed by atoms with Gasteiger partial charge in [0.25, 0.3) is 5.91 Å². The van der Waals surface area contributed by atoms with Gasteiger partial charge < -0.3 is 9.64 Å². The van der Waals surface area contributed by atoms with Crippen LogP contribution in [0.25, 0.3) is 10.8 Å². The fourth-order valence-corrected chi connectivity index (χ4v) is 3.48. The van der Waals surface area contributed by atoms with Crippen LogP contribution in [0.2, 0.25) is 0 Å². The molecule has 0 N–H and O–H groups in total. The highest BCUT2D eigenvalue weighted by Crippen LogP contribution is 2.26. The van der Waals surface area contributed by atoms with E-state index in [9.17, 15) is 4.79 Å². The number of hydrogen-bond acceptors (Lipinski definition) is 6. The summed E-state index contributed by atoms with van der Waals surface area (Å²) in [6.45, 7) is 4.10. The van der Waals surface area contributed by atoms with E-state index < -0.39 is 0 Å². The molecule has 2 aromatic rings. The molecule has 1 aliphatic rings. The van der Waals surface area contributed by atoms with Crippen LogP contribution in [0, 0.1) is 12.8 Å². The SMILES string of the molecule is Cc1nc(-c2ncccn2)sc1C(=O)N(C)CC1CCOC1. The second-order valence-electron chi connectivity index (χ2n) is 5.42. The summed E-state index contributed by atoms with van der Waals surface area (Å²) in [6, 6.07) is 1.76. The number of aryl methyl sites for hydroxylation is 1. The summed E-state index contributed by atoms with van der Waals surface area (Å²) in [6.07, 6.45) is 4.36. The molecule has 1 fully saturated rings. The topological polar surface area (TPSA) is 68.2 Å². The van der Waals surface area contributed by atoms with E-state index >= 15 is 0 Å². The van der Waals surface area contributed by atoms with Gasteiger partial charge in [0, 0.05) is 38.5 Å². The first-order valence-corrected chi connectivity index (χ1v) is 8.05. The predicted molar refractivity (Wildman–Crippen MR) is 83.8 cm³/mol. The quantitative estimate of drug-likeness (QED) is 0.862. The van der Waals surface area contributed by atoms with E-state index in [1.165, 1.54) is 11.3 Å². The molecule has 22 heavy (non-hydrogen) atoms. The maximum Gasteiger partial charge on any atom is 0.265 e. The first kappa shape index (κ1) is 15.1. The fourth-order valence-electron chi connectivity index (χ4n) is 2.47. The predicted octanol–water partition coefficient (Wildman–Crippen LogP) is 2.02. The Morgan fingerprint density at radius 1 is 1.45 bits per heavy atom. The van der Waals surface area contributed by atoms with Gasteiger partial charge >= 0.3 is 0 Å². The molecule has 0 saturated carbocycles. The van der Waals surface area contributed by atoms with Gasteiger partial charge in [0.15, 0.2) is 10.8 Å². The van der Waals surface area contributed by atoms with Crippen molar-refractivity contribution < 1.29 is 9.53 Å². The van der Waals surface area contributed by atoms with Crippen LogP contribution in [0.3, 0.4) is 0 Å². The molecule has 1 saturated heterocycles. The molecule has 3 heterocycles. The number of carbonyl (C=O) groups is 1. The number of aromatic nitrogens is 3. The van der Waals surface area contributed by atoms with Crippen molar-refractivity contribution in [3.8, 4) is 10.8 Å². The molecule has 0 spiro atoms. The van der Waals surface area contributed by atoms with Crippen molar-refractivity contribution in [2.24, 2.45) is 5.92 Å². The van der Waals surface area contributed by atoms with Crippen molar-refractivity contribution in [3.05, 3.63) is 29.0 Å². The lowest BCUT2D eigenvalue weighted by Gasteiger charge is -2.19. The molecule has 116 valence electrons. The molecule has 1 aliphatic heterocycles. The largest absolute Gasteiger partial charge is 0.381 e. The zero-order valence-corrected chi connectivity index (χ0v) is 13.5. The van der Waals surface area contributed by atoms with Crippen LogP contribution < -0.4 is 0 Å². The summed E-state index contributed by atoms with van der Waals surface area (Å²) in [7, 11) is 1.83. The summed E-state index contributed by atoms with van der Waals surface area (Å²) in [5, 5.41) is 0.680. The van der Waals surface area contributed by atoms with E-state index in [4.69, 9.17) is 4.74 Å². The lowest BCUT2D eigenvalue weighted by Crippen LogP contribution is -2.32. The number of rotatable bonds is 4. The van der Waals surface area contributed by atoms with Gasteiger partial charge in [-0.05, 0) is 19.4 Å². The van der Waals surface area contributed by atoms with Crippen LogP contribution in [0.4, 0.5) is 0 Å². The molecule has 1 amide bonds. The van der Waals surface area contributed by atoms with Gasteiger partial charge in [0.05, 0.1) is 12.3 Å². The molecule has 7 heteroatoms. The Balaban J connectivity index is 1.76. The van der Waals surface area contributed by atoms with Gasteiger partial charge in [0.1, 0.15) is 4.88 Å². The average Bonchev–Trinajstić information content (AvgIpc) is 3.17. The smallest absolute Gasteiger partial charge is 0.265 e. The number of hydrogen-bond donors (Lipinski definition) is 0. The summed E-state index contributed by atoms with van der Waals surface area (Å²) >= 11 is 1.35. The molecule has 0 aliphatic carbocycles. The van der Waals surface area contributed by atoms with Crippen molar-refractivity contribution in [2.75, 3.05) is 26.8 Å². The maximum absolute atomic E-state index is 12.6. The Kier molecular flexibility index (Phi) is 4.44. The second-order valence-corrected chi connectivity index (χ2v) is 6.42. The van der Waals surface area contributed by atoms with Gasteiger partial charge in [-0.2, -0.15) is 0 Å². The maximum atomic E-state index is 12.6. The Labute approximate surface area is 133 Å². The summed E-state index contributed by atoms with van der Waals surface area (Å²) < 4.78 is 5.36. The van der Waals surface area contributed by atoms with Crippen LogP contribution in [-0.2, 0) is 4.74 Å². The van der Waals surface area contributed by atoms with E-state index in [0.29, 0.717) is 28.2 Å². The third kappa shape index (κ3) is 3.15. The lowest BCUT2D eigenvalue weighted by molar-refractivity contribution is 0.0770. The number of nitrogens with zero attached hydrogens (tertiary/aromatic N) is 4. The van der Waals surface area contributed by atoms with Crippen LogP contribution in [0.1, 0.15) is 21.8 Å². The molecule has 6 nitrogen and oxygen atoms in total. The normalized spacial score (nSPS) is 17.6. The molecule has 1 atom stereocenters. The number of amides is 1. The van der Waals surface area contributed by atoms with Gasteiger partial charge in [-0.25, -0.2) is 15.0 Å². The van der Waals surface area contributed by atoms with E-state index in [0.717, 1.165) is 25.3 Å². The van der Waals surface area contributed by atoms with Gasteiger partial charge in [0.2, 0.25) is 0 Å². The van der Waals surface area contributed by atoms with Crippen molar-refractivity contribution in [1.82, 2.24) is 19.9 Å². The Bertz CT molecular complexity index is 653.